The van der Waals surface area contributed by atoms with Crippen molar-refractivity contribution >= 4 is 62.7 Å². The Bertz CT molecular complexity index is 2780. The molecule has 3 aliphatic heterocycles. The first-order valence-corrected chi connectivity index (χ1v) is 22.6. The van der Waals surface area contributed by atoms with Gasteiger partial charge in [-0.2, -0.15) is 4.68 Å². The second-order valence-corrected chi connectivity index (χ2v) is 18.3. The van der Waals surface area contributed by atoms with Crippen LogP contribution in [0.3, 0.4) is 0 Å². The first-order chi connectivity index (χ1) is 31.2. The monoisotopic (exact) mass is 861 g/mol. The molecule has 2 saturated carbocycles. The summed E-state index contributed by atoms with van der Waals surface area (Å²) >= 11 is 0. The number of imidazole rings is 1. The number of fused-ring (bicyclic) bond motifs is 2. The van der Waals surface area contributed by atoms with Gasteiger partial charge in [0.15, 0.2) is 17.0 Å². The number of anilines is 4. The molecular weight excluding hydrogens is 811 g/mol. The number of aromatic nitrogens is 7. The molecule has 0 unspecified atom stereocenters. The van der Waals surface area contributed by atoms with Crippen LogP contribution in [-0.2, 0) is 20.8 Å². The molecule has 17 heteroatoms. The number of carbonyl (C=O) groups is 3. The Labute approximate surface area is 369 Å². The number of amides is 3. The van der Waals surface area contributed by atoms with Crippen molar-refractivity contribution in [3.05, 3.63) is 101 Å². The molecule has 1 atom stereocenters. The second-order valence-electron chi connectivity index (χ2n) is 18.3. The van der Waals surface area contributed by atoms with E-state index in [1.54, 1.807) is 6.33 Å². The zero-order chi connectivity index (χ0) is 43.4. The summed E-state index contributed by atoms with van der Waals surface area (Å²) in [4.78, 5) is 71.5. The van der Waals surface area contributed by atoms with Crippen LogP contribution in [-0.4, -0.2) is 108 Å². The third kappa shape index (κ3) is 7.71. The fourth-order valence-electron chi connectivity index (χ4n) is 10.6. The van der Waals surface area contributed by atoms with Crippen LogP contribution >= 0.6 is 0 Å². The lowest BCUT2D eigenvalue weighted by atomic mass is 9.60. The zero-order valence-corrected chi connectivity index (χ0v) is 35.6. The standard InChI is InChI=1S/C47H51N13O4/c61-40-13-12-39(45(63)53-40)60-46(64)37-25-34(10-11-38(37)54-55-60)56-16-14-47(15-17-56)26-36(27-47)58-20-18-57(19-21-58)33-8-6-31(7-9-33)52-43-42-44(49-28-48-43)59(29-50-42)35-23-32(24-35)51-41(62)22-30-4-2-1-3-5-30/h1-11,25,28-29,32,35-36,39H,12-24,26-27H2,(H,51,62)(H,48,49,52)(H,53,61,63)/t32?,35?,39-/m0/s1. The topological polar surface area (TPSA) is 188 Å². The number of imide groups is 1. The summed E-state index contributed by atoms with van der Waals surface area (Å²) in [5.41, 5.74) is 6.17. The molecular formula is C47H51N13O4. The number of benzene rings is 3. The SMILES string of the molecule is O=C1CC[C@H](n2nnc3ccc(N4CCC5(CC4)CC(N4CCN(c6ccc(Nc7ncnc8c7ncn8C7CC(NC(=O)Cc8ccccc8)C7)cc6)CC4)C5)cc3c2=O)C(=O)N1. The minimum Gasteiger partial charge on any atom is -0.371 e. The zero-order valence-electron chi connectivity index (χ0n) is 35.6. The average Bonchev–Trinajstić information content (AvgIpc) is 3.72. The van der Waals surface area contributed by atoms with Crippen molar-refractivity contribution in [1.29, 1.82) is 0 Å². The minimum absolute atomic E-state index is 0.0504. The molecule has 11 rings (SSSR count). The van der Waals surface area contributed by atoms with Gasteiger partial charge in [0, 0.05) is 80.9 Å². The Morgan fingerprint density at radius 2 is 1.56 bits per heavy atom. The van der Waals surface area contributed by atoms with Gasteiger partial charge in [-0.05, 0) is 98.4 Å². The van der Waals surface area contributed by atoms with Gasteiger partial charge in [0.1, 0.15) is 17.9 Å². The average molecular weight is 862 g/mol. The second kappa shape index (κ2) is 16.4. The fourth-order valence-corrected chi connectivity index (χ4v) is 10.6. The maximum absolute atomic E-state index is 13.5. The van der Waals surface area contributed by atoms with Crippen molar-refractivity contribution in [1.82, 2.24) is 50.0 Å². The van der Waals surface area contributed by atoms with E-state index in [1.165, 1.54) is 18.5 Å². The van der Waals surface area contributed by atoms with Gasteiger partial charge in [0.2, 0.25) is 11.8 Å². The lowest BCUT2D eigenvalue weighted by molar-refractivity contribution is -0.136. The molecule has 6 heterocycles. The van der Waals surface area contributed by atoms with Crippen LogP contribution in [0.25, 0.3) is 22.1 Å². The molecule has 5 fully saturated rings. The van der Waals surface area contributed by atoms with E-state index in [0.29, 0.717) is 34.6 Å². The van der Waals surface area contributed by atoms with E-state index >= 15 is 0 Å². The quantitative estimate of drug-likeness (QED) is 0.166. The van der Waals surface area contributed by atoms with Crippen molar-refractivity contribution in [2.45, 2.75) is 82.0 Å². The van der Waals surface area contributed by atoms with Gasteiger partial charge in [0.25, 0.3) is 11.5 Å². The maximum atomic E-state index is 13.5. The molecule has 2 aliphatic carbocycles. The Morgan fingerprint density at radius 1 is 0.812 bits per heavy atom. The lowest BCUT2D eigenvalue weighted by Gasteiger charge is -2.56. The highest BCUT2D eigenvalue weighted by atomic mass is 16.2. The van der Waals surface area contributed by atoms with Gasteiger partial charge in [-0.1, -0.05) is 35.5 Å². The molecule has 1 spiro atoms. The number of nitrogens with one attached hydrogen (secondary N) is 3. The Morgan fingerprint density at radius 3 is 2.33 bits per heavy atom. The van der Waals surface area contributed by atoms with Crippen molar-refractivity contribution in [3.8, 4) is 0 Å². The molecule has 0 radical (unpaired) electrons. The van der Waals surface area contributed by atoms with E-state index < -0.39 is 11.9 Å². The summed E-state index contributed by atoms with van der Waals surface area (Å²) in [6, 6.07) is 24.3. The molecule has 3 aromatic heterocycles. The molecule has 3 aromatic carbocycles. The molecule has 64 heavy (non-hydrogen) atoms. The van der Waals surface area contributed by atoms with Crippen LogP contribution in [0.5, 0.6) is 0 Å². The molecule has 5 aliphatic rings. The summed E-state index contributed by atoms with van der Waals surface area (Å²) in [7, 11) is 0. The van der Waals surface area contributed by atoms with Crippen LogP contribution in [0, 0.1) is 5.41 Å². The molecule has 0 bridgehead atoms. The highest BCUT2D eigenvalue weighted by Gasteiger charge is 2.48. The summed E-state index contributed by atoms with van der Waals surface area (Å²) in [5, 5.41) is 17.7. The molecule has 3 N–H and O–H groups in total. The van der Waals surface area contributed by atoms with Gasteiger partial charge >= 0.3 is 0 Å². The Kier molecular flexibility index (Phi) is 10.3. The van der Waals surface area contributed by atoms with Gasteiger partial charge in [0.05, 0.1) is 18.1 Å². The minimum atomic E-state index is -0.839. The van der Waals surface area contributed by atoms with Crippen molar-refractivity contribution < 1.29 is 14.4 Å². The Hall–Kier alpha value is -6.75. The number of hydrogen-bond donors (Lipinski definition) is 3. The van der Waals surface area contributed by atoms with Crippen LogP contribution in [0.1, 0.15) is 69.0 Å². The summed E-state index contributed by atoms with van der Waals surface area (Å²) in [5.74, 6) is -0.128. The van der Waals surface area contributed by atoms with Crippen LogP contribution in [0.4, 0.5) is 22.9 Å². The van der Waals surface area contributed by atoms with Crippen molar-refractivity contribution in [2.24, 2.45) is 5.41 Å². The largest absolute Gasteiger partial charge is 0.371 e. The normalized spacial score (nSPS) is 22.6. The summed E-state index contributed by atoms with van der Waals surface area (Å²) in [6.07, 6.45) is 10.6. The number of hydrogen-bond acceptors (Lipinski definition) is 13. The van der Waals surface area contributed by atoms with Crippen LogP contribution < -0.4 is 31.3 Å². The number of carbonyl (C=O) groups excluding carboxylic acids is 3. The van der Waals surface area contributed by atoms with Gasteiger partial charge < -0.3 is 25.0 Å². The van der Waals surface area contributed by atoms with E-state index in [9.17, 15) is 19.2 Å². The predicted molar refractivity (Wildman–Crippen MR) is 241 cm³/mol. The van der Waals surface area contributed by atoms with E-state index in [1.807, 2.05) is 54.9 Å². The molecule has 328 valence electrons. The number of piperidine rings is 2. The first-order valence-electron chi connectivity index (χ1n) is 22.6. The molecule has 3 amide bonds. The van der Waals surface area contributed by atoms with Crippen LogP contribution in [0.15, 0.2) is 90.2 Å². The van der Waals surface area contributed by atoms with E-state index in [4.69, 9.17) is 4.98 Å². The molecule has 6 aromatic rings. The number of rotatable bonds is 10. The third-order valence-corrected chi connectivity index (χ3v) is 14.5. The lowest BCUT2D eigenvalue weighted by Crippen LogP contribution is -2.59. The Balaban J connectivity index is 0.642. The van der Waals surface area contributed by atoms with Gasteiger partial charge in [-0.15, -0.1) is 5.10 Å². The van der Waals surface area contributed by atoms with Crippen molar-refractivity contribution in [3.63, 3.8) is 0 Å². The highest BCUT2D eigenvalue weighted by Crippen LogP contribution is 2.51. The van der Waals surface area contributed by atoms with Crippen LogP contribution in [0.2, 0.25) is 0 Å². The molecule has 3 saturated heterocycles. The summed E-state index contributed by atoms with van der Waals surface area (Å²) in [6.45, 7) is 5.94. The highest BCUT2D eigenvalue weighted by molar-refractivity contribution is 5.99. The van der Waals surface area contributed by atoms with Crippen molar-refractivity contribution in [2.75, 3.05) is 54.4 Å². The smallest absolute Gasteiger partial charge is 0.278 e. The predicted octanol–water partition coefficient (Wildman–Crippen LogP) is 4.29. The molecule has 17 nitrogen and oxygen atoms in total. The fraction of sp³-hybridized carbons (Fsp3) is 0.426. The third-order valence-electron chi connectivity index (χ3n) is 14.5. The van der Waals surface area contributed by atoms with Gasteiger partial charge in [-0.25, -0.2) is 15.0 Å². The van der Waals surface area contributed by atoms with E-state index in [0.717, 1.165) is 97.7 Å². The number of piperazine rings is 1. The first kappa shape index (κ1) is 40.1. The van der Waals surface area contributed by atoms with E-state index in [2.05, 4.69) is 79.8 Å². The maximum Gasteiger partial charge on any atom is 0.278 e. The van der Waals surface area contributed by atoms with Gasteiger partial charge in [-0.3, -0.25) is 29.4 Å². The summed E-state index contributed by atoms with van der Waals surface area (Å²) < 4.78 is 3.23. The van der Waals surface area contributed by atoms with E-state index in [-0.39, 0.29) is 42.3 Å². The number of nitrogens with zero attached hydrogens (tertiary/aromatic N) is 10.